The molecule has 9 heteroatoms. The van der Waals surface area contributed by atoms with E-state index in [4.69, 9.17) is 14.1 Å². The van der Waals surface area contributed by atoms with E-state index >= 15 is 4.39 Å². The van der Waals surface area contributed by atoms with Crippen LogP contribution in [0.2, 0.25) is 18.1 Å². The quantitative estimate of drug-likeness (QED) is 0.176. The van der Waals surface area contributed by atoms with Gasteiger partial charge >= 0.3 is 6.18 Å². The van der Waals surface area contributed by atoms with Crippen molar-refractivity contribution in [1.29, 1.82) is 0 Å². The van der Waals surface area contributed by atoms with Gasteiger partial charge in [0, 0.05) is 40.1 Å². The Morgan fingerprint density at radius 1 is 0.936 bits per heavy atom. The summed E-state index contributed by atoms with van der Waals surface area (Å²) < 4.78 is 84.1. The summed E-state index contributed by atoms with van der Waals surface area (Å²) in [5.74, 6) is -1.16. The smallest absolute Gasteiger partial charge is 0.410 e. The van der Waals surface area contributed by atoms with Crippen molar-refractivity contribution in [2.75, 3.05) is 0 Å². The molecular weight excluding hydrogens is 625 g/mol. The lowest BCUT2D eigenvalue weighted by molar-refractivity contribution is -0.137. The molecule has 1 atom stereocenters. The number of hydrogen-bond donors (Lipinski definition) is 0. The van der Waals surface area contributed by atoms with E-state index in [1.807, 2.05) is 0 Å². The van der Waals surface area contributed by atoms with Crippen molar-refractivity contribution in [3.05, 3.63) is 87.7 Å². The largest absolute Gasteiger partial charge is 0.416 e. The van der Waals surface area contributed by atoms with Gasteiger partial charge in [-0.15, -0.1) is 0 Å². The summed E-state index contributed by atoms with van der Waals surface area (Å²) in [6.07, 6.45) is 4.24. The van der Waals surface area contributed by atoms with Crippen LogP contribution >= 0.6 is 0 Å². The molecule has 254 valence electrons. The van der Waals surface area contributed by atoms with Gasteiger partial charge in [-0.3, -0.25) is 4.98 Å². The lowest BCUT2D eigenvalue weighted by Crippen LogP contribution is -2.46. The maximum absolute atomic E-state index is 16.0. The van der Waals surface area contributed by atoms with Gasteiger partial charge in [0.1, 0.15) is 11.6 Å². The second-order valence-electron chi connectivity index (χ2n) is 15.6. The number of nitrogens with zero attached hydrogens (tertiary/aromatic N) is 1. The zero-order chi connectivity index (χ0) is 33.8. The molecule has 0 saturated heterocycles. The number of fused-ring (bicyclic) bond motifs is 1. The number of halogens is 5. The lowest BCUT2D eigenvalue weighted by atomic mass is 9.59. The molecule has 0 radical (unpaired) electrons. The SMILES string of the molecule is CC(C)(C)[Si](C)(C)OC1CC2(CCC2)Cc2nc(C3CCCC3)c(COCc3cccc(C(F)(F)F)c3)c(-c3ccc(F)cc3F)c21. The maximum atomic E-state index is 16.0. The van der Waals surface area contributed by atoms with Crippen molar-refractivity contribution in [3.8, 4) is 11.1 Å². The number of hydrogen-bond acceptors (Lipinski definition) is 3. The first kappa shape index (κ1) is 34.2. The van der Waals surface area contributed by atoms with Gasteiger partial charge in [-0.2, -0.15) is 13.2 Å². The Balaban J connectivity index is 1.51. The molecule has 0 N–H and O–H groups in total. The summed E-state index contributed by atoms with van der Waals surface area (Å²) in [5, 5.41) is -0.0627. The molecule has 2 saturated carbocycles. The second kappa shape index (κ2) is 12.7. The van der Waals surface area contributed by atoms with Gasteiger partial charge in [-0.25, -0.2) is 8.78 Å². The molecule has 47 heavy (non-hydrogen) atoms. The van der Waals surface area contributed by atoms with Crippen LogP contribution in [0.5, 0.6) is 0 Å². The number of aromatic nitrogens is 1. The van der Waals surface area contributed by atoms with Crippen molar-refractivity contribution in [3.63, 3.8) is 0 Å². The Hall–Kier alpha value is -2.62. The second-order valence-corrected chi connectivity index (χ2v) is 20.4. The summed E-state index contributed by atoms with van der Waals surface area (Å²) >= 11 is 0. The third kappa shape index (κ3) is 6.95. The topological polar surface area (TPSA) is 31.4 Å². The third-order valence-corrected chi connectivity index (χ3v) is 15.8. The fraction of sp³-hybridized carbons (Fsp3) is 0.553. The first-order valence-corrected chi connectivity index (χ1v) is 19.9. The number of ether oxygens (including phenoxy) is 1. The van der Waals surface area contributed by atoms with Crippen molar-refractivity contribution in [2.24, 2.45) is 5.41 Å². The van der Waals surface area contributed by atoms with E-state index in [2.05, 4.69) is 33.9 Å². The van der Waals surface area contributed by atoms with Crippen LogP contribution in [0.25, 0.3) is 11.1 Å². The normalized spacial score (nSPS) is 20.0. The minimum atomic E-state index is -4.46. The summed E-state index contributed by atoms with van der Waals surface area (Å²) in [4.78, 5) is 5.43. The molecule has 1 spiro atoms. The first-order chi connectivity index (χ1) is 22.1. The summed E-state index contributed by atoms with van der Waals surface area (Å²) in [6, 6.07) is 8.85. The van der Waals surface area contributed by atoms with E-state index < -0.39 is 31.7 Å². The molecule has 0 amide bonds. The van der Waals surface area contributed by atoms with Crippen LogP contribution in [0.4, 0.5) is 22.0 Å². The highest BCUT2D eigenvalue weighted by Crippen LogP contribution is 2.58. The molecule has 3 aliphatic carbocycles. The Morgan fingerprint density at radius 2 is 1.66 bits per heavy atom. The van der Waals surface area contributed by atoms with E-state index in [1.165, 1.54) is 24.6 Å². The molecule has 3 aromatic rings. The van der Waals surface area contributed by atoms with Gasteiger partial charge < -0.3 is 9.16 Å². The third-order valence-electron chi connectivity index (χ3n) is 11.3. The van der Waals surface area contributed by atoms with Crippen LogP contribution in [0.3, 0.4) is 0 Å². The van der Waals surface area contributed by atoms with Gasteiger partial charge in [0.25, 0.3) is 0 Å². The predicted octanol–water partition coefficient (Wildman–Crippen LogP) is 11.6. The minimum Gasteiger partial charge on any atom is -0.410 e. The Bertz CT molecular complexity index is 1620. The average Bonchev–Trinajstić information content (AvgIpc) is 3.50. The molecule has 0 bridgehead atoms. The van der Waals surface area contributed by atoms with Gasteiger partial charge in [0.05, 0.1) is 24.9 Å². The highest BCUT2D eigenvalue weighted by atomic mass is 28.4. The Kier molecular flexibility index (Phi) is 9.24. The van der Waals surface area contributed by atoms with Crippen LogP contribution in [0.15, 0.2) is 42.5 Å². The van der Waals surface area contributed by atoms with E-state index in [0.29, 0.717) is 11.1 Å². The van der Waals surface area contributed by atoms with Crippen LogP contribution in [0.1, 0.15) is 118 Å². The Labute approximate surface area is 276 Å². The molecule has 1 unspecified atom stereocenters. The van der Waals surface area contributed by atoms with E-state index in [1.54, 1.807) is 6.07 Å². The minimum absolute atomic E-state index is 0.0342. The molecule has 1 heterocycles. The Morgan fingerprint density at radius 3 is 2.28 bits per heavy atom. The number of rotatable bonds is 8. The molecule has 3 nitrogen and oxygen atoms in total. The zero-order valence-corrected chi connectivity index (χ0v) is 29.1. The van der Waals surface area contributed by atoms with Crippen molar-refractivity contribution >= 4 is 8.32 Å². The number of alkyl halides is 3. The van der Waals surface area contributed by atoms with Crippen LogP contribution in [-0.2, 0) is 35.0 Å². The number of pyridine rings is 1. The maximum Gasteiger partial charge on any atom is 0.416 e. The lowest BCUT2D eigenvalue weighted by Gasteiger charge is -2.51. The van der Waals surface area contributed by atoms with Gasteiger partial charge in [0.15, 0.2) is 8.32 Å². The summed E-state index contributed by atoms with van der Waals surface area (Å²) in [5.41, 5.74) is 4.15. The molecule has 1 aromatic heterocycles. The fourth-order valence-electron chi connectivity index (χ4n) is 7.59. The molecule has 0 aliphatic heterocycles. The fourth-order valence-corrected chi connectivity index (χ4v) is 8.86. The monoisotopic (exact) mass is 671 g/mol. The van der Waals surface area contributed by atoms with Gasteiger partial charge in [-0.1, -0.05) is 52.2 Å². The molecule has 2 fully saturated rings. The van der Waals surface area contributed by atoms with Crippen molar-refractivity contribution in [2.45, 2.75) is 128 Å². The predicted molar refractivity (Wildman–Crippen MR) is 176 cm³/mol. The summed E-state index contributed by atoms with van der Waals surface area (Å²) in [7, 11) is -2.31. The van der Waals surface area contributed by atoms with Crippen LogP contribution in [0, 0.1) is 17.0 Å². The zero-order valence-electron chi connectivity index (χ0n) is 28.1. The van der Waals surface area contributed by atoms with Crippen molar-refractivity contribution in [1.82, 2.24) is 4.98 Å². The molecule has 3 aliphatic rings. The highest BCUT2D eigenvalue weighted by molar-refractivity contribution is 6.74. The number of benzene rings is 2. The van der Waals surface area contributed by atoms with Crippen LogP contribution in [-0.4, -0.2) is 13.3 Å². The van der Waals surface area contributed by atoms with Gasteiger partial charge in [0.2, 0.25) is 0 Å². The van der Waals surface area contributed by atoms with E-state index in [9.17, 15) is 17.6 Å². The van der Waals surface area contributed by atoms with Crippen LogP contribution < -0.4 is 0 Å². The van der Waals surface area contributed by atoms with E-state index in [0.717, 1.165) is 92.1 Å². The van der Waals surface area contributed by atoms with E-state index in [-0.39, 0.29) is 41.3 Å². The standard InChI is InChI=1S/C38H46F5NO2Si/c1-36(2,3)47(4,5)46-32-21-37(16-9-17-37)20-31-34(32)33(28-15-14-27(39)19-30(28)40)29(35(44-31)25-11-6-7-12-25)23-45-22-24-10-8-13-26(18-24)38(41,42)43/h8,10,13-15,18-19,25,32H,6-7,9,11-12,16-17,20-23H2,1-5H3. The van der Waals surface area contributed by atoms with Gasteiger partial charge in [-0.05, 0) is 97.5 Å². The molecular formula is C38H46F5NO2Si. The summed E-state index contributed by atoms with van der Waals surface area (Å²) in [6.45, 7) is 11.1. The average molecular weight is 672 g/mol. The molecule has 6 rings (SSSR count). The molecule has 2 aromatic carbocycles. The highest BCUT2D eigenvalue weighted by Gasteiger charge is 2.49. The van der Waals surface area contributed by atoms with Crippen molar-refractivity contribution < 1.29 is 31.1 Å². The first-order valence-electron chi connectivity index (χ1n) is 17.0.